The fraction of sp³-hybridized carbons (Fsp3) is 0. The fourth-order valence-corrected chi connectivity index (χ4v) is 1.94. The second kappa shape index (κ2) is 5.88. The average molecular weight is 354 g/mol. The minimum atomic E-state index is -0.906. The Kier molecular flexibility index (Phi) is 4.18. The molecule has 0 bridgehead atoms. The van der Waals surface area contributed by atoms with Gasteiger partial charge >= 0.3 is 0 Å². The third-order valence-electron chi connectivity index (χ3n) is 2.67. The summed E-state index contributed by atoms with van der Waals surface area (Å²) in [6.45, 7) is 0. The molecule has 0 saturated heterocycles. The van der Waals surface area contributed by atoms with Crippen LogP contribution in [0.1, 0.15) is 10.4 Å². The Morgan fingerprint density at radius 1 is 1.29 bits per heavy atom. The zero-order chi connectivity index (χ0) is 15.6. The van der Waals surface area contributed by atoms with Gasteiger partial charge in [0.25, 0.3) is 11.6 Å². The van der Waals surface area contributed by atoms with Crippen molar-refractivity contribution in [3.05, 3.63) is 62.4 Å². The van der Waals surface area contributed by atoms with Gasteiger partial charge in [0, 0.05) is 10.2 Å². The lowest BCUT2D eigenvalue weighted by atomic mass is 10.1. The van der Waals surface area contributed by atoms with Crippen molar-refractivity contribution in [3.8, 4) is 0 Å². The van der Waals surface area contributed by atoms with Crippen molar-refractivity contribution in [2.75, 3.05) is 11.1 Å². The molecule has 21 heavy (non-hydrogen) atoms. The first-order chi connectivity index (χ1) is 9.88. The number of rotatable bonds is 3. The van der Waals surface area contributed by atoms with Crippen molar-refractivity contribution in [2.24, 2.45) is 0 Å². The maximum atomic E-state index is 13.4. The minimum absolute atomic E-state index is 0.287. The number of nitrogens with one attached hydrogen (secondary N) is 1. The monoisotopic (exact) mass is 353 g/mol. The molecule has 0 atom stereocenters. The van der Waals surface area contributed by atoms with Gasteiger partial charge in [0.2, 0.25) is 0 Å². The van der Waals surface area contributed by atoms with E-state index in [4.69, 9.17) is 5.73 Å². The van der Waals surface area contributed by atoms with Crippen LogP contribution in [0.5, 0.6) is 0 Å². The number of nitro benzene ring substituents is 1. The Balaban J connectivity index is 2.35. The lowest BCUT2D eigenvalue weighted by Crippen LogP contribution is -2.15. The van der Waals surface area contributed by atoms with E-state index in [0.29, 0.717) is 11.8 Å². The van der Waals surface area contributed by atoms with Gasteiger partial charge in [-0.05, 0) is 30.3 Å². The van der Waals surface area contributed by atoms with E-state index in [1.54, 1.807) is 24.3 Å². The van der Waals surface area contributed by atoms with E-state index in [1.165, 1.54) is 0 Å². The van der Waals surface area contributed by atoms with Gasteiger partial charge in [0.05, 0.1) is 16.6 Å². The van der Waals surface area contributed by atoms with Gasteiger partial charge in [-0.1, -0.05) is 15.9 Å². The number of carbonyl (C=O) groups excluding carboxylic acids is 1. The molecule has 0 aliphatic heterocycles. The molecule has 2 aromatic rings. The summed E-state index contributed by atoms with van der Waals surface area (Å²) in [4.78, 5) is 22.0. The molecule has 0 aliphatic carbocycles. The normalized spacial score (nSPS) is 10.2. The van der Waals surface area contributed by atoms with Crippen LogP contribution in [0.15, 0.2) is 40.9 Å². The maximum Gasteiger partial charge on any atom is 0.295 e. The number of hydrogen-bond acceptors (Lipinski definition) is 4. The summed E-state index contributed by atoms with van der Waals surface area (Å²) in [5.41, 5.74) is 4.70. The maximum absolute atomic E-state index is 13.4. The second-order valence-electron chi connectivity index (χ2n) is 4.10. The Morgan fingerprint density at radius 2 is 1.90 bits per heavy atom. The van der Waals surface area contributed by atoms with Crippen LogP contribution in [0.3, 0.4) is 0 Å². The summed E-state index contributed by atoms with van der Waals surface area (Å²) in [6, 6.07) is 8.17. The smallest absolute Gasteiger partial charge is 0.295 e. The Labute approximate surface area is 127 Å². The van der Waals surface area contributed by atoms with Gasteiger partial charge < -0.3 is 11.1 Å². The first-order valence-electron chi connectivity index (χ1n) is 5.69. The SMILES string of the molecule is Nc1c(C(=O)Nc2ccc(Br)cc2)cc(F)cc1[N+](=O)[O-]. The topological polar surface area (TPSA) is 98.3 Å². The van der Waals surface area contributed by atoms with Crippen LogP contribution in [0.25, 0.3) is 0 Å². The van der Waals surface area contributed by atoms with Crippen molar-refractivity contribution < 1.29 is 14.1 Å². The number of amides is 1. The van der Waals surface area contributed by atoms with Crippen LogP contribution in [-0.2, 0) is 0 Å². The van der Waals surface area contributed by atoms with Gasteiger partial charge in [0.1, 0.15) is 11.5 Å². The van der Waals surface area contributed by atoms with Crippen molar-refractivity contribution in [2.45, 2.75) is 0 Å². The van der Waals surface area contributed by atoms with Crippen molar-refractivity contribution in [1.29, 1.82) is 0 Å². The lowest BCUT2D eigenvalue weighted by Gasteiger charge is -2.08. The Hall–Kier alpha value is -2.48. The molecule has 0 fully saturated rings. The van der Waals surface area contributed by atoms with E-state index in [-0.39, 0.29) is 11.3 Å². The van der Waals surface area contributed by atoms with Crippen molar-refractivity contribution in [3.63, 3.8) is 0 Å². The summed E-state index contributed by atoms with van der Waals surface area (Å²) in [7, 11) is 0. The van der Waals surface area contributed by atoms with Gasteiger partial charge in [-0.3, -0.25) is 14.9 Å². The minimum Gasteiger partial charge on any atom is -0.393 e. The number of halogens is 2. The van der Waals surface area contributed by atoms with E-state index in [2.05, 4.69) is 21.2 Å². The molecule has 3 N–H and O–H groups in total. The fourth-order valence-electron chi connectivity index (χ4n) is 1.67. The molecule has 0 spiro atoms. The van der Waals surface area contributed by atoms with E-state index in [9.17, 15) is 19.3 Å². The number of nitrogens with zero attached hydrogens (tertiary/aromatic N) is 1. The first-order valence-corrected chi connectivity index (χ1v) is 6.48. The van der Waals surface area contributed by atoms with E-state index in [0.717, 1.165) is 10.5 Å². The number of nitro groups is 1. The van der Waals surface area contributed by atoms with E-state index < -0.39 is 22.3 Å². The molecule has 8 heteroatoms. The molecule has 6 nitrogen and oxygen atoms in total. The Bertz CT molecular complexity index is 719. The molecule has 0 heterocycles. The largest absolute Gasteiger partial charge is 0.393 e. The lowest BCUT2D eigenvalue weighted by molar-refractivity contribution is -0.384. The van der Waals surface area contributed by atoms with Crippen LogP contribution in [-0.4, -0.2) is 10.8 Å². The molecule has 0 aromatic heterocycles. The van der Waals surface area contributed by atoms with E-state index >= 15 is 0 Å². The number of carbonyl (C=O) groups is 1. The van der Waals surface area contributed by atoms with Crippen molar-refractivity contribution in [1.82, 2.24) is 0 Å². The van der Waals surface area contributed by atoms with Gasteiger partial charge in [0.15, 0.2) is 0 Å². The average Bonchev–Trinajstić information content (AvgIpc) is 2.43. The van der Waals surface area contributed by atoms with Crippen LogP contribution >= 0.6 is 15.9 Å². The predicted octanol–water partition coefficient (Wildman–Crippen LogP) is 3.33. The van der Waals surface area contributed by atoms with Gasteiger partial charge in [-0.25, -0.2) is 4.39 Å². The van der Waals surface area contributed by atoms with Gasteiger partial charge in [-0.2, -0.15) is 0 Å². The number of anilines is 2. The highest BCUT2D eigenvalue weighted by Gasteiger charge is 2.21. The molecular weight excluding hydrogens is 345 g/mol. The molecule has 0 radical (unpaired) electrons. The van der Waals surface area contributed by atoms with E-state index in [1.807, 2.05) is 0 Å². The summed E-state index contributed by atoms with van der Waals surface area (Å²) >= 11 is 3.25. The standard InChI is InChI=1S/C13H9BrFN3O3/c14-7-1-3-9(4-2-7)17-13(19)10-5-8(15)6-11(12(10)16)18(20)21/h1-6H,16H2,(H,17,19). The van der Waals surface area contributed by atoms with Crippen LogP contribution in [0.2, 0.25) is 0 Å². The summed E-state index contributed by atoms with van der Waals surface area (Å²) in [6.07, 6.45) is 0. The third kappa shape index (κ3) is 3.34. The molecule has 0 unspecified atom stereocenters. The predicted molar refractivity (Wildman–Crippen MR) is 79.6 cm³/mol. The summed E-state index contributed by atoms with van der Waals surface area (Å²) < 4.78 is 14.2. The highest BCUT2D eigenvalue weighted by atomic mass is 79.9. The van der Waals surface area contributed by atoms with Crippen LogP contribution < -0.4 is 11.1 Å². The number of hydrogen-bond donors (Lipinski definition) is 2. The highest BCUT2D eigenvalue weighted by Crippen LogP contribution is 2.27. The molecule has 2 rings (SSSR count). The highest BCUT2D eigenvalue weighted by molar-refractivity contribution is 9.10. The molecule has 0 aliphatic rings. The first kappa shape index (κ1) is 14.9. The third-order valence-corrected chi connectivity index (χ3v) is 3.20. The molecule has 2 aromatic carbocycles. The number of nitrogen functional groups attached to an aromatic ring is 1. The zero-order valence-electron chi connectivity index (χ0n) is 10.5. The number of benzene rings is 2. The Morgan fingerprint density at radius 3 is 2.48 bits per heavy atom. The van der Waals surface area contributed by atoms with Crippen LogP contribution in [0, 0.1) is 15.9 Å². The molecule has 0 saturated carbocycles. The number of nitrogens with two attached hydrogens (primary N) is 1. The molecule has 108 valence electrons. The van der Waals surface area contributed by atoms with Crippen molar-refractivity contribution >= 4 is 38.9 Å². The zero-order valence-corrected chi connectivity index (χ0v) is 12.1. The van der Waals surface area contributed by atoms with Gasteiger partial charge in [-0.15, -0.1) is 0 Å². The second-order valence-corrected chi connectivity index (χ2v) is 5.02. The quantitative estimate of drug-likeness (QED) is 0.502. The molecular formula is C13H9BrFN3O3. The summed E-state index contributed by atoms with van der Waals surface area (Å²) in [5.74, 6) is -1.63. The summed E-state index contributed by atoms with van der Waals surface area (Å²) in [5, 5.41) is 13.3. The van der Waals surface area contributed by atoms with Crippen LogP contribution in [0.4, 0.5) is 21.5 Å². The molecule has 1 amide bonds.